The quantitative estimate of drug-likeness (QED) is 0.364. The number of halogens is 1. The summed E-state index contributed by atoms with van der Waals surface area (Å²) in [5.74, 6) is 0.640. The van der Waals surface area contributed by atoms with E-state index in [4.69, 9.17) is 22.4 Å². The van der Waals surface area contributed by atoms with Gasteiger partial charge in [0.25, 0.3) is 11.5 Å². The minimum absolute atomic E-state index is 0.0132. The number of hydrogen-bond donors (Lipinski definition) is 1. The van der Waals surface area contributed by atoms with Crippen molar-refractivity contribution in [2.45, 2.75) is 32.7 Å². The summed E-state index contributed by atoms with van der Waals surface area (Å²) in [7, 11) is 0. The molecule has 182 valence electrons. The zero-order valence-electron chi connectivity index (χ0n) is 19.9. The lowest BCUT2D eigenvalue weighted by atomic mass is 10.1. The van der Waals surface area contributed by atoms with Crippen molar-refractivity contribution in [2.24, 2.45) is 5.73 Å². The van der Waals surface area contributed by atoms with Crippen LogP contribution < -0.4 is 11.3 Å². The number of aryl methyl sites for hydroxylation is 2. The molecule has 35 heavy (non-hydrogen) atoms. The van der Waals surface area contributed by atoms with Crippen LogP contribution in [-0.2, 0) is 13.0 Å². The molecule has 4 aromatic rings. The number of amides is 1. The smallest absolute Gasteiger partial charge is 0.279 e. The highest BCUT2D eigenvalue weighted by molar-refractivity contribution is 6.33. The van der Waals surface area contributed by atoms with Gasteiger partial charge in [-0.05, 0) is 50.1 Å². The van der Waals surface area contributed by atoms with Gasteiger partial charge in [0.1, 0.15) is 11.3 Å². The second-order valence-corrected chi connectivity index (χ2v) is 9.06. The molecule has 2 aromatic carbocycles. The summed E-state index contributed by atoms with van der Waals surface area (Å²) in [6.07, 6.45) is 3.62. The maximum Gasteiger partial charge on any atom is 0.279 e. The minimum Gasteiger partial charge on any atom is -0.339 e. The Balaban J connectivity index is 1.56. The second-order valence-electron chi connectivity index (χ2n) is 8.65. The summed E-state index contributed by atoms with van der Waals surface area (Å²) in [5.41, 5.74) is 8.69. The van der Waals surface area contributed by atoms with Crippen LogP contribution in [0.2, 0.25) is 5.02 Å². The SMILES string of the molecule is Cc1ccc(C(=O)N(CCCN)CCCc2nn3ccc(Cl)c3c(=O)n2Cc2ccccc2)cc1. The Labute approximate surface area is 209 Å². The largest absolute Gasteiger partial charge is 0.339 e. The molecule has 0 radical (unpaired) electrons. The molecule has 1 amide bonds. The molecule has 0 atom stereocenters. The number of hydrogen-bond acceptors (Lipinski definition) is 4. The molecule has 2 heterocycles. The van der Waals surface area contributed by atoms with Crippen LogP contribution in [0, 0.1) is 6.92 Å². The third-order valence-electron chi connectivity index (χ3n) is 6.03. The molecule has 0 saturated heterocycles. The Kier molecular flexibility index (Phi) is 8.00. The first-order chi connectivity index (χ1) is 17.0. The van der Waals surface area contributed by atoms with Gasteiger partial charge in [-0.15, -0.1) is 0 Å². The number of nitrogens with zero attached hydrogens (tertiary/aromatic N) is 4. The Hall–Kier alpha value is -3.42. The lowest BCUT2D eigenvalue weighted by molar-refractivity contribution is 0.0752. The van der Waals surface area contributed by atoms with Crippen molar-refractivity contribution in [1.29, 1.82) is 0 Å². The Morgan fingerprint density at radius 3 is 2.46 bits per heavy atom. The molecule has 0 aliphatic carbocycles. The second kappa shape index (κ2) is 11.3. The summed E-state index contributed by atoms with van der Waals surface area (Å²) < 4.78 is 3.23. The summed E-state index contributed by atoms with van der Waals surface area (Å²) in [6.45, 7) is 4.04. The van der Waals surface area contributed by atoms with Crippen LogP contribution in [0.4, 0.5) is 0 Å². The summed E-state index contributed by atoms with van der Waals surface area (Å²) in [6, 6.07) is 19.1. The number of carbonyl (C=O) groups is 1. The highest BCUT2D eigenvalue weighted by Crippen LogP contribution is 2.16. The monoisotopic (exact) mass is 491 g/mol. The third kappa shape index (κ3) is 5.81. The molecular formula is C27H30ClN5O2. The predicted octanol–water partition coefficient (Wildman–Crippen LogP) is 3.93. The van der Waals surface area contributed by atoms with Gasteiger partial charge < -0.3 is 10.6 Å². The first kappa shape index (κ1) is 24.7. The molecular weight excluding hydrogens is 462 g/mol. The highest BCUT2D eigenvalue weighted by Gasteiger charge is 2.18. The van der Waals surface area contributed by atoms with Gasteiger partial charge in [-0.2, -0.15) is 5.10 Å². The molecule has 0 unspecified atom stereocenters. The first-order valence-corrected chi connectivity index (χ1v) is 12.2. The van der Waals surface area contributed by atoms with Gasteiger partial charge in [0.15, 0.2) is 0 Å². The van der Waals surface area contributed by atoms with Crippen LogP contribution in [0.25, 0.3) is 5.52 Å². The van der Waals surface area contributed by atoms with E-state index >= 15 is 0 Å². The minimum atomic E-state index is -0.176. The summed E-state index contributed by atoms with van der Waals surface area (Å²) in [5, 5.41) is 5.08. The van der Waals surface area contributed by atoms with E-state index in [1.807, 2.05) is 66.4 Å². The van der Waals surface area contributed by atoms with Crippen LogP contribution >= 0.6 is 11.6 Å². The van der Waals surface area contributed by atoms with Crippen LogP contribution in [0.3, 0.4) is 0 Å². The number of benzene rings is 2. The molecule has 0 aliphatic heterocycles. The fraction of sp³-hybridized carbons (Fsp3) is 0.296. The normalized spacial score (nSPS) is 11.2. The van der Waals surface area contributed by atoms with E-state index < -0.39 is 0 Å². The van der Waals surface area contributed by atoms with Crippen molar-refractivity contribution >= 4 is 23.0 Å². The molecule has 4 rings (SSSR count). The molecule has 8 heteroatoms. The van der Waals surface area contributed by atoms with Gasteiger partial charge in [0.2, 0.25) is 0 Å². The van der Waals surface area contributed by atoms with Crippen molar-refractivity contribution in [3.8, 4) is 0 Å². The molecule has 0 bridgehead atoms. The summed E-state index contributed by atoms with van der Waals surface area (Å²) in [4.78, 5) is 28.3. The van der Waals surface area contributed by atoms with Crippen molar-refractivity contribution < 1.29 is 4.79 Å². The molecule has 0 fully saturated rings. The predicted molar refractivity (Wildman–Crippen MR) is 139 cm³/mol. The van der Waals surface area contributed by atoms with Crippen LogP contribution in [0.1, 0.15) is 40.2 Å². The fourth-order valence-corrected chi connectivity index (χ4v) is 4.35. The fourth-order valence-electron chi connectivity index (χ4n) is 4.12. The van der Waals surface area contributed by atoms with Crippen molar-refractivity contribution in [1.82, 2.24) is 19.1 Å². The Morgan fingerprint density at radius 1 is 1.03 bits per heavy atom. The average molecular weight is 492 g/mol. The molecule has 7 nitrogen and oxygen atoms in total. The standard InChI is InChI=1S/C27H30ClN5O2/c1-20-10-12-22(13-11-20)26(34)31(17-6-15-29)16-5-9-24-30-33-18-14-23(28)25(33)27(35)32(24)19-21-7-3-2-4-8-21/h2-4,7-8,10-14,18H,5-6,9,15-17,19,29H2,1H3. The maximum atomic E-state index is 13.3. The van der Waals surface area contributed by atoms with E-state index in [0.717, 1.165) is 17.5 Å². The number of fused-ring (bicyclic) bond motifs is 1. The zero-order valence-corrected chi connectivity index (χ0v) is 20.6. The van der Waals surface area contributed by atoms with Crippen molar-refractivity contribution in [3.05, 3.63) is 105 Å². The highest BCUT2D eigenvalue weighted by atomic mass is 35.5. The topological polar surface area (TPSA) is 85.6 Å². The zero-order chi connectivity index (χ0) is 24.8. The maximum absolute atomic E-state index is 13.3. The third-order valence-corrected chi connectivity index (χ3v) is 6.33. The number of carbonyl (C=O) groups excluding carboxylic acids is 1. The van der Waals surface area contributed by atoms with Gasteiger partial charge in [0, 0.05) is 31.3 Å². The Bertz CT molecular complexity index is 1350. The van der Waals surface area contributed by atoms with Gasteiger partial charge in [-0.3, -0.25) is 14.2 Å². The number of aromatic nitrogens is 3. The van der Waals surface area contributed by atoms with Crippen LogP contribution in [0.5, 0.6) is 0 Å². The van der Waals surface area contributed by atoms with E-state index in [2.05, 4.69) is 0 Å². The average Bonchev–Trinajstić information content (AvgIpc) is 3.24. The first-order valence-electron chi connectivity index (χ1n) is 11.8. The van der Waals surface area contributed by atoms with Gasteiger partial charge >= 0.3 is 0 Å². The van der Waals surface area contributed by atoms with Gasteiger partial charge in [-0.1, -0.05) is 59.6 Å². The van der Waals surface area contributed by atoms with E-state index in [1.165, 1.54) is 0 Å². The number of rotatable bonds is 10. The van der Waals surface area contributed by atoms with Crippen molar-refractivity contribution in [3.63, 3.8) is 0 Å². The van der Waals surface area contributed by atoms with Crippen LogP contribution in [-0.4, -0.2) is 44.6 Å². The van der Waals surface area contributed by atoms with E-state index in [9.17, 15) is 9.59 Å². The van der Waals surface area contributed by atoms with Gasteiger partial charge in [-0.25, -0.2) is 4.52 Å². The molecule has 0 aliphatic rings. The van der Waals surface area contributed by atoms with Gasteiger partial charge in [0.05, 0.1) is 11.6 Å². The van der Waals surface area contributed by atoms with E-state index in [0.29, 0.717) is 60.9 Å². The molecule has 0 saturated carbocycles. The lowest BCUT2D eigenvalue weighted by Gasteiger charge is -2.23. The van der Waals surface area contributed by atoms with E-state index in [-0.39, 0.29) is 11.5 Å². The summed E-state index contributed by atoms with van der Waals surface area (Å²) >= 11 is 6.27. The number of nitrogens with two attached hydrogens (primary N) is 1. The Morgan fingerprint density at radius 2 is 1.74 bits per heavy atom. The van der Waals surface area contributed by atoms with Crippen molar-refractivity contribution in [2.75, 3.05) is 19.6 Å². The molecule has 0 spiro atoms. The van der Waals surface area contributed by atoms with E-state index in [1.54, 1.807) is 21.3 Å². The molecule has 2 N–H and O–H groups in total. The van der Waals surface area contributed by atoms with Crippen LogP contribution in [0.15, 0.2) is 71.7 Å². The molecule has 2 aromatic heterocycles. The lowest BCUT2D eigenvalue weighted by Crippen LogP contribution is -2.34.